The Labute approximate surface area is 172 Å². The van der Waals surface area contributed by atoms with Gasteiger partial charge in [-0.05, 0) is 37.3 Å². The molecule has 0 aliphatic heterocycles. The third-order valence-corrected chi connectivity index (χ3v) is 5.89. The molecule has 0 aliphatic carbocycles. The minimum absolute atomic E-state index is 0.0480. The summed E-state index contributed by atoms with van der Waals surface area (Å²) in [6.07, 6.45) is 1.17. The number of anilines is 1. The molecule has 9 heteroatoms. The summed E-state index contributed by atoms with van der Waals surface area (Å²) < 4.78 is 46.6. The number of halogens is 1. The van der Waals surface area contributed by atoms with Gasteiger partial charge in [-0.25, -0.2) is 12.8 Å². The van der Waals surface area contributed by atoms with Crippen molar-refractivity contribution in [2.45, 2.75) is 17.9 Å². The Morgan fingerprint density at radius 3 is 2.60 bits per heavy atom. The van der Waals surface area contributed by atoms with Crippen molar-refractivity contribution >= 4 is 32.6 Å². The van der Waals surface area contributed by atoms with E-state index >= 15 is 0 Å². The molecule has 4 rings (SSSR count). The van der Waals surface area contributed by atoms with Gasteiger partial charge in [0.2, 0.25) is 0 Å². The van der Waals surface area contributed by atoms with Crippen LogP contribution in [0.25, 0.3) is 11.0 Å². The average Bonchev–Trinajstić information content (AvgIpc) is 3.37. The van der Waals surface area contributed by atoms with Gasteiger partial charge >= 0.3 is 0 Å². The topological polar surface area (TPSA) is 104 Å². The molecule has 2 heterocycles. The lowest BCUT2D eigenvalue weighted by Crippen LogP contribution is -2.26. The zero-order chi connectivity index (χ0) is 21.3. The highest BCUT2D eigenvalue weighted by Gasteiger charge is 2.21. The van der Waals surface area contributed by atoms with E-state index in [4.69, 9.17) is 4.42 Å². The molecule has 0 unspecified atom stereocenters. The van der Waals surface area contributed by atoms with Crippen LogP contribution in [0.3, 0.4) is 0 Å². The van der Waals surface area contributed by atoms with Crippen molar-refractivity contribution in [2.75, 3.05) is 4.72 Å². The lowest BCUT2D eigenvalue weighted by atomic mass is 10.2. The second-order valence-electron chi connectivity index (χ2n) is 6.72. The van der Waals surface area contributed by atoms with Gasteiger partial charge < -0.3 is 14.7 Å². The second kappa shape index (κ2) is 7.68. The van der Waals surface area contributed by atoms with Crippen LogP contribution in [0.4, 0.5) is 10.1 Å². The molecule has 2 aromatic carbocycles. The number of nitrogens with one attached hydrogen (secondary N) is 3. The maximum atomic E-state index is 13.7. The summed E-state index contributed by atoms with van der Waals surface area (Å²) in [5.74, 6) is -0.630. The first-order valence-electron chi connectivity index (χ1n) is 9.08. The molecule has 4 aromatic rings. The van der Waals surface area contributed by atoms with Crippen molar-refractivity contribution in [3.8, 4) is 0 Å². The number of furan rings is 1. The first-order valence-corrected chi connectivity index (χ1v) is 10.6. The Morgan fingerprint density at radius 2 is 1.83 bits per heavy atom. The molecule has 1 atom stereocenters. The number of hydrogen-bond donors (Lipinski definition) is 3. The second-order valence-corrected chi connectivity index (χ2v) is 8.40. The third kappa shape index (κ3) is 3.92. The molecule has 30 heavy (non-hydrogen) atoms. The summed E-state index contributed by atoms with van der Waals surface area (Å²) in [5.41, 5.74) is 0.580. The smallest absolute Gasteiger partial charge is 0.268 e. The highest BCUT2D eigenvalue weighted by molar-refractivity contribution is 7.92. The summed E-state index contributed by atoms with van der Waals surface area (Å²) in [6, 6.07) is 15.5. The average molecular weight is 427 g/mol. The Kier molecular flexibility index (Phi) is 5.04. The highest BCUT2D eigenvalue weighted by Crippen LogP contribution is 2.24. The van der Waals surface area contributed by atoms with E-state index in [0.717, 1.165) is 11.5 Å². The molecule has 154 valence electrons. The van der Waals surface area contributed by atoms with E-state index in [9.17, 15) is 17.6 Å². The van der Waals surface area contributed by atoms with Crippen LogP contribution in [0.1, 0.15) is 29.2 Å². The van der Waals surface area contributed by atoms with Crippen molar-refractivity contribution in [1.29, 1.82) is 0 Å². The van der Waals surface area contributed by atoms with Gasteiger partial charge in [0.05, 0.1) is 11.7 Å². The van der Waals surface area contributed by atoms with Gasteiger partial charge in [-0.15, -0.1) is 0 Å². The van der Waals surface area contributed by atoms with Crippen LogP contribution >= 0.6 is 0 Å². The third-order valence-electron chi connectivity index (χ3n) is 4.55. The summed E-state index contributed by atoms with van der Waals surface area (Å²) in [6.45, 7) is 1.76. The van der Waals surface area contributed by atoms with Crippen LogP contribution in [-0.4, -0.2) is 19.3 Å². The first kappa shape index (κ1) is 19.7. The number of benzene rings is 2. The van der Waals surface area contributed by atoms with Crippen molar-refractivity contribution < 1.29 is 22.0 Å². The molecule has 3 N–H and O–H groups in total. The summed E-state index contributed by atoms with van der Waals surface area (Å²) in [7, 11) is -4.07. The van der Waals surface area contributed by atoms with E-state index in [-0.39, 0.29) is 16.3 Å². The van der Waals surface area contributed by atoms with Crippen molar-refractivity contribution in [1.82, 2.24) is 10.3 Å². The van der Waals surface area contributed by atoms with Gasteiger partial charge in [-0.2, -0.15) is 0 Å². The number of amides is 1. The molecule has 0 spiro atoms. The molecule has 0 bridgehead atoms. The van der Waals surface area contributed by atoms with E-state index in [1.165, 1.54) is 30.5 Å². The number of aromatic amines is 1. The SMILES string of the molecule is C[C@@H](NC(=O)c1cc(S(=O)(=O)Nc2ccccc2F)c[nH]1)c1cc2ccccc2o1. The van der Waals surface area contributed by atoms with Gasteiger partial charge in [0.25, 0.3) is 15.9 Å². The number of rotatable bonds is 6. The van der Waals surface area contributed by atoms with Crippen molar-refractivity contribution in [3.63, 3.8) is 0 Å². The zero-order valence-electron chi connectivity index (χ0n) is 15.8. The van der Waals surface area contributed by atoms with Crippen molar-refractivity contribution in [3.05, 3.63) is 84.1 Å². The Bertz CT molecular complexity index is 1290. The molecule has 0 fully saturated rings. The fourth-order valence-electron chi connectivity index (χ4n) is 2.97. The van der Waals surface area contributed by atoms with Crippen LogP contribution < -0.4 is 10.0 Å². The van der Waals surface area contributed by atoms with Crippen LogP contribution in [-0.2, 0) is 10.0 Å². The predicted octanol–water partition coefficient (Wildman–Crippen LogP) is 4.19. The van der Waals surface area contributed by atoms with Crippen LogP contribution in [0.2, 0.25) is 0 Å². The largest absolute Gasteiger partial charge is 0.459 e. The van der Waals surface area contributed by atoms with Crippen LogP contribution in [0.15, 0.2) is 76.2 Å². The monoisotopic (exact) mass is 427 g/mol. The normalized spacial score (nSPS) is 12.6. The number of carbonyl (C=O) groups is 1. The van der Waals surface area contributed by atoms with Gasteiger partial charge in [-0.3, -0.25) is 9.52 Å². The maximum Gasteiger partial charge on any atom is 0.268 e. The number of carbonyl (C=O) groups excluding carboxylic acids is 1. The molecule has 0 saturated heterocycles. The number of H-pyrrole nitrogens is 1. The Balaban J connectivity index is 1.48. The lowest BCUT2D eigenvalue weighted by Gasteiger charge is -2.10. The van der Waals surface area contributed by atoms with Gasteiger partial charge in [0.15, 0.2) is 0 Å². The number of fused-ring (bicyclic) bond motifs is 1. The minimum atomic E-state index is -4.07. The van der Waals surface area contributed by atoms with E-state index < -0.39 is 27.8 Å². The highest BCUT2D eigenvalue weighted by atomic mass is 32.2. The van der Waals surface area contributed by atoms with Gasteiger partial charge in [0, 0.05) is 11.6 Å². The molecule has 7 nitrogen and oxygen atoms in total. The molecule has 0 radical (unpaired) electrons. The zero-order valence-corrected chi connectivity index (χ0v) is 16.7. The number of aromatic nitrogens is 1. The number of para-hydroxylation sites is 2. The summed E-state index contributed by atoms with van der Waals surface area (Å²) in [4.78, 5) is 15.0. The Morgan fingerprint density at radius 1 is 1.10 bits per heavy atom. The lowest BCUT2D eigenvalue weighted by molar-refractivity contribution is 0.0931. The van der Waals surface area contributed by atoms with Crippen LogP contribution in [0.5, 0.6) is 0 Å². The first-order chi connectivity index (χ1) is 14.3. The quantitative estimate of drug-likeness (QED) is 0.429. The molecule has 1 amide bonds. The fraction of sp³-hybridized carbons (Fsp3) is 0.0952. The molecular weight excluding hydrogens is 409 g/mol. The standard InChI is InChI=1S/C21H18FN3O4S/c1-13(20-10-14-6-2-5-9-19(14)29-20)24-21(26)18-11-15(12-23-18)30(27,28)25-17-8-4-3-7-16(17)22/h2-13,23,25H,1H3,(H,24,26)/t13-/m1/s1. The van der Waals surface area contributed by atoms with Gasteiger partial charge in [0.1, 0.15) is 27.7 Å². The molecule has 0 aliphatic rings. The minimum Gasteiger partial charge on any atom is -0.459 e. The molecule has 2 aromatic heterocycles. The van der Waals surface area contributed by atoms with E-state index in [1.807, 2.05) is 30.3 Å². The maximum absolute atomic E-state index is 13.7. The van der Waals surface area contributed by atoms with E-state index in [2.05, 4.69) is 15.0 Å². The van der Waals surface area contributed by atoms with E-state index in [1.54, 1.807) is 6.92 Å². The van der Waals surface area contributed by atoms with Gasteiger partial charge in [-0.1, -0.05) is 30.3 Å². The van der Waals surface area contributed by atoms with Crippen LogP contribution in [0, 0.1) is 5.82 Å². The van der Waals surface area contributed by atoms with E-state index in [0.29, 0.717) is 11.3 Å². The summed E-state index contributed by atoms with van der Waals surface area (Å²) in [5, 5.41) is 3.68. The predicted molar refractivity (Wildman–Crippen MR) is 110 cm³/mol. The fourth-order valence-corrected chi connectivity index (χ4v) is 4.03. The molecular formula is C21H18FN3O4S. The van der Waals surface area contributed by atoms with Crippen molar-refractivity contribution in [2.24, 2.45) is 0 Å². The Hall–Kier alpha value is -3.59. The summed E-state index contributed by atoms with van der Waals surface area (Å²) >= 11 is 0. The number of hydrogen-bond acceptors (Lipinski definition) is 4. The number of sulfonamides is 1. The molecule has 0 saturated carbocycles.